The highest BCUT2D eigenvalue weighted by atomic mass is 35.5. The fourth-order valence-corrected chi connectivity index (χ4v) is 3.59. The minimum absolute atomic E-state index is 0.329. The maximum atomic E-state index is 5.95. The molecule has 92 valence electrons. The van der Waals surface area contributed by atoms with E-state index < -0.39 is 0 Å². The number of halogens is 1. The molecule has 0 aliphatic heterocycles. The second-order valence-electron chi connectivity index (χ2n) is 5.21. The van der Waals surface area contributed by atoms with Crippen LogP contribution in [0.15, 0.2) is 12.1 Å². The first kappa shape index (κ1) is 14.0. The van der Waals surface area contributed by atoms with Gasteiger partial charge in [-0.1, -0.05) is 32.4 Å². The van der Waals surface area contributed by atoms with Crippen molar-refractivity contribution in [3.8, 4) is 0 Å². The Kier molecular flexibility index (Phi) is 5.29. The van der Waals surface area contributed by atoms with E-state index in [2.05, 4.69) is 39.1 Å². The molecule has 0 fully saturated rings. The topological polar surface area (TPSA) is 12.0 Å². The summed E-state index contributed by atoms with van der Waals surface area (Å²) in [5, 5.41) is 3.47. The highest BCUT2D eigenvalue weighted by Crippen LogP contribution is 2.32. The van der Waals surface area contributed by atoms with Crippen molar-refractivity contribution >= 4 is 22.9 Å². The van der Waals surface area contributed by atoms with Crippen LogP contribution in [0.2, 0.25) is 4.34 Å². The van der Waals surface area contributed by atoms with E-state index in [0.717, 1.165) is 17.3 Å². The van der Waals surface area contributed by atoms with Gasteiger partial charge in [-0.15, -0.1) is 11.3 Å². The van der Waals surface area contributed by atoms with Crippen LogP contribution in [0.3, 0.4) is 0 Å². The molecule has 0 aliphatic rings. The van der Waals surface area contributed by atoms with Gasteiger partial charge in [-0.25, -0.2) is 0 Å². The second kappa shape index (κ2) is 6.04. The van der Waals surface area contributed by atoms with Crippen molar-refractivity contribution < 1.29 is 0 Å². The summed E-state index contributed by atoms with van der Waals surface area (Å²) < 4.78 is 0.894. The van der Waals surface area contributed by atoms with Crippen LogP contribution >= 0.6 is 22.9 Å². The van der Waals surface area contributed by atoms with Gasteiger partial charge in [0.05, 0.1) is 4.34 Å². The minimum Gasteiger partial charge on any atom is -0.315 e. The Labute approximate surface area is 108 Å². The highest BCUT2D eigenvalue weighted by molar-refractivity contribution is 7.16. The lowest BCUT2D eigenvalue weighted by Crippen LogP contribution is -2.31. The summed E-state index contributed by atoms with van der Waals surface area (Å²) in [5.41, 5.74) is 0.329. The van der Waals surface area contributed by atoms with Crippen molar-refractivity contribution in [1.82, 2.24) is 5.32 Å². The summed E-state index contributed by atoms with van der Waals surface area (Å²) in [6, 6.07) is 4.72. The molecule has 1 unspecified atom stereocenters. The van der Waals surface area contributed by atoms with Gasteiger partial charge in [0.1, 0.15) is 0 Å². The molecule has 0 radical (unpaired) electrons. The largest absolute Gasteiger partial charge is 0.315 e. The third-order valence-corrected chi connectivity index (χ3v) is 3.92. The second-order valence-corrected chi connectivity index (χ2v) is 7.01. The van der Waals surface area contributed by atoms with Gasteiger partial charge in [-0.2, -0.15) is 0 Å². The third-order valence-electron chi connectivity index (χ3n) is 2.69. The molecule has 0 aliphatic carbocycles. The van der Waals surface area contributed by atoms with E-state index in [1.54, 1.807) is 11.3 Å². The molecular formula is C13H22ClNS. The summed E-state index contributed by atoms with van der Waals surface area (Å²) in [6.07, 6.45) is 2.30. The first-order chi connectivity index (χ1) is 7.43. The predicted molar refractivity (Wildman–Crippen MR) is 74.6 cm³/mol. The zero-order valence-corrected chi connectivity index (χ0v) is 12.2. The highest BCUT2D eigenvalue weighted by Gasteiger charge is 2.22. The quantitative estimate of drug-likeness (QED) is 0.801. The molecule has 1 rings (SSSR count). The number of thiophene rings is 1. The van der Waals surface area contributed by atoms with E-state index in [4.69, 9.17) is 11.6 Å². The number of nitrogens with one attached hydrogen (secondary N) is 1. The average Bonchev–Trinajstić information content (AvgIpc) is 2.49. The molecular weight excluding hydrogens is 238 g/mol. The van der Waals surface area contributed by atoms with E-state index in [9.17, 15) is 0 Å². The van der Waals surface area contributed by atoms with Gasteiger partial charge in [-0.3, -0.25) is 0 Å². The van der Waals surface area contributed by atoms with Gasteiger partial charge in [0, 0.05) is 10.9 Å². The molecule has 1 aromatic heterocycles. The van der Waals surface area contributed by atoms with Crippen LogP contribution in [-0.4, -0.2) is 12.6 Å². The molecule has 0 amide bonds. The van der Waals surface area contributed by atoms with Crippen molar-refractivity contribution in [3.05, 3.63) is 21.3 Å². The molecule has 1 aromatic rings. The first-order valence-electron chi connectivity index (χ1n) is 5.90. The summed E-state index contributed by atoms with van der Waals surface area (Å²) in [4.78, 5) is 1.39. The van der Waals surface area contributed by atoms with Crippen LogP contribution in [0.5, 0.6) is 0 Å². The Balaban J connectivity index is 2.50. The molecule has 16 heavy (non-hydrogen) atoms. The fourth-order valence-electron chi connectivity index (χ4n) is 2.24. The van der Waals surface area contributed by atoms with Crippen LogP contribution in [0, 0.1) is 5.41 Å². The number of hydrogen-bond acceptors (Lipinski definition) is 2. The zero-order valence-electron chi connectivity index (χ0n) is 10.6. The Morgan fingerprint density at radius 3 is 2.62 bits per heavy atom. The normalized spacial score (nSPS) is 14.1. The van der Waals surface area contributed by atoms with E-state index in [0.29, 0.717) is 11.5 Å². The summed E-state index contributed by atoms with van der Waals surface area (Å²) in [6.45, 7) is 10.1. The molecule has 1 heterocycles. The summed E-state index contributed by atoms with van der Waals surface area (Å²) in [5.74, 6) is 0. The fraction of sp³-hybridized carbons (Fsp3) is 0.692. The zero-order chi connectivity index (χ0) is 12.2. The van der Waals surface area contributed by atoms with Crippen LogP contribution in [-0.2, 0) is 6.42 Å². The molecule has 1 atom stereocenters. The van der Waals surface area contributed by atoms with Crippen LogP contribution < -0.4 is 5.32 Å². The Morgan fingerprint density at radius 2 is 2.12 bits per heavy atom. The van der Waals surface area contributed by atoms with Gasteiger partial charge in [0.15, 0.2) is 0 Å². The van der Waals surface area contributed by atoms with Crippen molar-refractivity contribution in [2.75, 3.05) is 6.54 Å². The number of hydrogen-bond donors (Lipinski definition) is 1. The molecule has 0 saturated heterocycles. The molecule has 0 bridgehead atoms. The average molecular weight is 260 g/mol. The molecule has 0 saturated carbocycles. The van der Waals surface area contributed by atoms with Crippen LogP contribution in [0.25, 0.3) is 0 Å². The number of rotatable bonds is 6. The maximum Gasteiger partial charge on any atom is 0.0931 e. The molecule has 1 N–H and O–H groups in total. The van der Waals surface area contributed by atoms with Crippen LogP contribution in [0.1, 0.15) is 39.0 Å². The van der Waals surface area contributed by atoms with Gasteiger partial charge < -0.3 is 5.32 Å². The van der Waals surface area contributed by atoms with Crippen molar-refractivity contribution in [1.29, 1.82) is 0 Å². The summed E-state index contributed by atoms with van der Waals surface area (Å²) >= 11 is 7.65. The SMILES string of the molecule is CCNC(C)CC(C)(C)Cc1ccc(Cl)s1. The van der Waals surface area contributed by atoms with E-state index in [1.807, 2.05) is 6.07 Å². The Hall–Kier alpha value is -0.0500. The maximum absolute atomic E-state index is 5.95. The molecule has 1 nitrogen and oxygen atoms in total. The minimum atomic E-state index is 0.329. The molecule has 0 aromatic carbocycles. The van der Waals surface area contributed by atoms with Gasteiger partial charge in [0.2, 0.25) is 0 Å². The van der Waals surface area contributed by atoms with Crippen molar-refractivity contribution in [2.24, 2.45) is 5.41 Å². The van der Waals surface area contributed by atoms with Gasteiger partial charge in [0.25, 0.3) is 0 Å². The molecule has 3 heteroatoms. The summed E-state index contributed by atoms with van der Waals surface area (Å²) in [7, 11) is 0. The predicted octanol–water partition coefficient (Wildman–Crippen LogP) is 4.36. The lowest BCUT2D eigenvalue weighted by Gasteiger charge is -2.28. The lowest BCUT2D eigenvalue weighted by molar-refractivity contribution is 0.290. The van der Waals surface area contributed by atoms with Gasteiger partial charge in [-0.05, 0) is 43.9 Å². The third kappa shape index (κ3) is 4.86. The first-order valence-corrected chi connectivity index (χ1v) is 7.10. The van der Waals surface area contributed by atoms with Crippen LogP contribution in [0.4, 0.5) is 0 Å². The van der Waals surface area contributed by atoms with Gasteiger partial charge >= 0.3 is 0 Å². The lowest BCUT2D eigenvalue weighted by atomic mass is 9.82. The van der Waals surface area contributed by atoms with E-state index in [1.165, 1.54) is 11.3 Å². The smallest absolute Gasteiger partial charge is 0.0931 e. The van der Waals surface area contributed by atoms with E-state index in [-0.39, 0.29) is 0 Å². The van der Waals surface area contributed by atoms with Crippen molar-refractivity contribution in [2.45, 2.75) is 46.6 Å². The van der Waals surface area contributed by atoms with E-state index >= 15 is 0 Å². The monoisotopic (exact) mass is 259 g/mol. The molecule has 0 spiro atoms. The standard InChI is InChI=1S/C13H22ClNS/c1-5-15-10(2)8-13(3,4)9-11-6-7-12(14)16-11/h6-7,10,15H,5,8-9H2,1-4H3. The van der Waals surface area contributed by atoms with Crippen molar-refractivity contribution in [3.63, 3.8) is 0 Å². The Morgan fingerprint density at radius 1 is 1.44 bits per heavy atom. The Bertz CT molecular complexity index is 319.